The molecule has 20 heavy (non-hydrogen) atoms. The minimum atomic E-state index is -0.326. The molecule has 0 fully saturated rings. The number of hydrogen-bond donors (Lipinski definition) is 0. The Morgan fingerprint density at radius 3 is 2.70 bits per heavy atom. The number of carbonyl (C=O) groups excluding carboxylic acids is 1. The van der Waals surface area contributed by atoms with Crippen LogP contribution in [0.5, 0.6) is 5.88 Å². The third-order valence-electron chi connectivity index (χ3n) is 2.81. The summed E-state index contributed by atoms with van der Waals surface area (Å²) in [6.45, 7) is 0. The second kappa shape index (κ2) is 6.61. The SMILES string of the molecule is COc1ccc(CC(=O)Cc2ccc(F)cc2Br)cn1. The summed E-state index contributed by atoms with van der Waals surface area (Å²) in [5, 5.41) is 0. The van der Waals surface area contributed by atoms with Gasteiger partial charge in [0.1, 0.15) is 11.6 Å². The number of ketones is 1. The van der Waals surface area contributed by atoms with Crippen LogP contribution >= 0.6 is 15.9 Å². The zero-order valence-corrected chi connectivity index (χ0v) is 12.5. The van der Waals surface area contributed by atoms with E-state index in [-0.39, 0.29) is 18.0 Å². The Balaban J connectivity index is 2.01. The van der Waals surface area contributed by atoms with E-state index in [2.05, 4.69) is 20.9 Å². The van der Waals surface area contributed by atoms with Gasteiger partial charge < -0.3 is 4.74 Å². The van der Waals surface area contributed by atoms with Crippen molar-refractivity contribution >= 4 is 21.7 Å². The number of methoxy groups -OCH3 is 1. The van der Waals surface area contributed by atoms with Gasteiger partial charge in [-0.3, -0.25) is 4.79 Å². The van der Waals surface area contributed by atoms with Crippen molar-refractivity contribution in [2.45, 2.75) is 12.8 Å². The molecule has 0 atom stereocenters. The van der Waals surface area contributed by atoms with Crippen molar-refractivity contribution in [3.63, 3.8) is 0 Å². The minimum Gasteiger partial charge on any atom is -0.481 e. The summed E-state index contributed by atoms with van der Waals surface area (Å²) in [6.07, 6.45) is 2.17. The molecule has 0 saturated carbocycles. The fourth-order valence-electron chi connectivity index (χ4n) is 1.80. The number of Topliss-reactive ketones (excluding diaryl/α,β-unsaturated/α-hetero) is 1. The lowest BCUT2D eigenvalue weighted by atomic mass is 10.0. The lowest BCUT2D eigenvalue weighted by Crippen LogP contribution is -2.07. The molecule has 0 unspecified atom stereocenters. The highest BCUT2D eigenvalue weighted by atomic mass is 79.9. The largest absolute Gasteiger partial charge is 0.481 e. The number of hydrogen-bond acceptors (Lipinski definition) is 3. The number of halogens is 2. The molecule has 0 N–H and O–H groups in total. The van der Waals surface area contributed by atoms with E-state index in [9.17, 15) is 9.18 Å². The number of ether oxygens (including phenoxy) is 1. The van der Waals surface area contributed by atoms with E-state index < -0.39 is 0 Å². The molecule has 0 aliphatic carbocycles. The zero-order valence-electron chi connectivity index (χ0n) is 10.9. The number of pyridine rings is 1. The summed E-state index contributed by atoms with van der Waals surface area (Å²) in [4.78, 5) is 16.1. The molecule has 0 spiro atoms. The molecule has 0 bridgehead atoms. The molecule has 5 heteroatoms. The molecular formula is C15H13BrFNO2. The normalized spacial score (nSPS) is 10.3. The van der Waals surface area contributed by atoms with Crippen molar-refractivity contribution in [2.75, 3.05) is 7.11 Å². The van der Waals surface area contributed by atoms with E-state index in [1.54, 1.807) is 25.4 Å². The highest BCUT2D eigenvalue weighted by Gasteiger charge is 2.09. The van der Waals surface area contributed by atoms with Gasteiger partial charge in [0.05, 0.1) is 7.11 Å². The van der Waals surface area contributed by atoms with Crippen LogP contribution in [0.4, 0.5) is 4.39 Å². The molecule has 0 saturated heterocycles. The van der Waals surface area contributed by atoms with Crippen molar-refractivity contribution in [3.05, 3.63) is 57.9 Å². The lowest BCUT2D eigenvalue weighted by molar-refractivity contribution is -0.117. The average Bonchev–Trinajstić information content (AvgIpc) is 2.43. The Kier molecular flexibility index (Phi) is 4.84. The van der Waals surface area contributed by atoms with Gasteiger partial charge in [0.25, 0.3) is 0 Å². The van der Waals surface area contributed by atoms with E-state index in [0.29, 0.717) is 16.8 Å². The summed E-state index contributed by atoms with van der Waals surface area (Å²) in [7, 11) is 1.54. The number of rotatable bonds is 5. The standard InChI is InChI=1S/C15H13BrFNO2/c1-20-15-5-2-10(9-18-15)6-13(19)7-11-3-4-12(17)8-14(11)16/h2-5,8-9H,6-7H2,1H3. The zero-order chi connectivity index (χ0) is 14.5. The first-order valence-corrected chi connectivity index (χ1v) is 6.82. The Morgan fingerprint density at radius 2 is 2.10 bits per heavy atom. The molecule has 2 rings (SSSR count). The van der Waals surface area contributed by atoms with E-state index in [1.807, 2.05) is 6.07 Å². The first kappa shape index (κ1) is 14.7. The fraction of sp³-hybridized carbons (Fsp3) is 0.200. The van der Waals surface area contributed by atoms with Crippen LogP contribution in [0.2, 0.25) is 0 Å². The molecule has 1 aromatic heterocycles. The molecule has 1 aromatic carbocycles. The number of carbonyl (C=O) groups is 1. The van der Waals surface area contributed by atoms with Gasteiger partial charge in [-0.1, -0.05) is 28.1 Å². The van der Waals surface area contributed by atoms with Gasteiger partial charge in [0, 0.05) is 29.6 Å². The molecule has 104 valence electrons. The Hall–Kier alpha value is -1.75. The summed E-state index contributed by atoms with van der Waals surface area (Å²) in [5.74, 6) is 0.235. The van der Waals surface area contributed by atoms with Gasteiger partial charge >= 0.3 is 0 Å². The maximum Gasteiger partial charge on any atom is 0.212 e. The third-order valence-corrected chi connectivity index (χ3v) is 3.55. The highest BCUT2D eigenvalue weighted by molar-refractivity contribution is 9.10. The van der Waals surface area contributed by atoms with Crippen LogP contribution < -0.4 is 4.74 Å². The topological polar surface area (TPSA) is 39.2 Å². The lowest BCUT2D eigenvalue weighted by Gasteiger charge is -2.05. The van der Waals surface area contributed by atoms with Crippen molar-refractivity contribution in [1.29, 1.82) is 0 Å². The molecule has 3 nitrogen and oxygen atoms in total. The highest BCUT2D eigenvalue weighted by Crippen LogP contribution is 2.19. The van der Waals surface area contributed by atoms with Gasteiger partial charge in [-0.15, -0.1) is 0 Å². The predicted octanol–water partition coefficient (Wildman–Crippen LogP) is 3.35. The van der Waals surface area contributed by atoms with Crippen LogP contribution in [-0.4, -0.2) is 17.9 Å². The molecule has 0 radical (unpaired) electrons. The summed E-state index contributed by atoms with van der Waals surface area (Å²) in [5.41, 5.74) is 1.60. The number of nitrogens with zero attached hydrogens (tertiary/aromatic N) is 1. The summed E-state index contributed by atoms with van der Waals surface area (Å²) in [6, 6.07) is 7.85. The molecule has 0 aliphatic rings. The van der Waals surface area contributed by atoms with Crippen molar-refractivity contribution in [1.82, 2.24) is 4.98 Å². The van der Waals surface area contributed by atoms with Crippen LogP contribution in [0.1, 0.15) is 11.1 Å². The number of aromatic nitrogens is 1. The first-order valence-electron chi connectivity index (χ1n) is 6.03. The van der Waals surface area contributed by atoms with Crippen molar-refractivity contribution in [3.8, 4) is 5.88 Å². The van der Waals surface area contributed by atoms with Crippen molar-refractivity contribution < 1.29 is 13.9 Å². The van der Waals surface area contributed by atoms with Crippen LogP contribution in [0.15, 0.2) is 41.0 Å². The molecular weight excluding hydrogens is 325 g/mol. The molecule has 1 heterocycles. The Morgan fingerprint density at radius 1 is 1.30 bits per heavy atom. The molecule has 0 aliphatic heterocycles. The number of benzene rings is 1. The average molecular weight is 338 g/mol. The summed E-state index contributed by atoms with van der Waals surface area (Å²) >= 11 is 3.26. The Labute approximate surface area is 124 Å². The van der Waals surface area contributed by atoms with Gasteiger partial charge in [-0.05, 0) is 23.3 Å². The Bertz CT molecular complexity index is 614. The quantitative estimate of drug-likeness (QED) is 0.839. The first-order chi connectivity index (χ1) is 9.58. The van der Waals surface area contributed by atoms with Crippen LogP contribution in [0, 0.1) is 5.82 Å². The van der Waals surface area contributed by atoms with Crippen LogP contribution in [0.3, 0.4) is 0 Å². The van der Waals surface area contributed by atoms with E-state index >= 15 is 0 Å². The maximum absolute atomic E-state index is 13.0. The summed E-state index contributed by atoms with van der Waals surface area (Å²) < 4.78 is 18.5. The van der Waals surface area contributed by atoms with Gasteiger partial charge in [-0.2, -0.15) is 0 Å². The van der Waals surface area contributed by atoms with Gasteiger partial charge in [0.15, 0.2) is 0 Å². The predicted molar refractivity (Wildman–Crippen MR) is 77.3 cm³/mol. The smallest absolute Gasteiger partial charge is 0.212 e. The fourth-order valence-corrected chi connectivity index (χ4v) is 2.29. The van der Waals surface area contributed by atoms with E-state index in [4.69, 9.17) is 4.74 Å². The van der Waals surface area contributed by atoms with Gasteiger partial charge in [0.2, 0.25) is 5.88 Å². The van der Waals surface area contributed by atoms with E-state index in [1.165, 1.54) is 12.1 Å². The van der Waals surface area contributed by atoms with Crippen molar-refractivity contribution in [2.24, 2.45) is 0 Å². The van der Waals surface area contributed by atoms with Crippen LogP contribution in [0.25, 0.3) is 0 Å². The monoisotopic (exact) mass is 337 g/mol. The second-order valence-corrected chi connectivity index (χ2v) is 5.19. The second-order valence-electron chi connectivity index (χ2n) is 4.34. The molecule has 2 aromatic rings. The van der Waals surface area contributed by atoms with Gasteiger partial charge in [-0.25, -0.2) is 9.37 Å². The third kappa shape index (κ3) is 3.87. The van der Waals surface area contributed by atoms with Crippen LogP contribution in [-0.2, 0) is 17.6 Å². The molecule has 0 amide bonds. The van der Waals surface area contributed by atoms with E-state index in [0.717, 1.165) is 11.1 Å². The maximum atomic E-state index is 13.0. The minimum absolute atomic E-state index is 0.0456.